The Morgan fingerprint density at radius 3 is 0.691 bits per heavy atom. The number of carbonyl (C=O) groups is 3. The zero-order valence-electron chi connectivity index (χ0n) is 54.6. The molecular formula is C75H138O6. The van der Waals surface area contributed by atoms with E-state index in [9.17, 15) is 14.4 Å². The second-order valence-corrected chi connectivity index (χ2v) is 24.5. The molecule has 0 aliphatic heterocycles. The average Bonchev–Trinajstić information content (AvgIpc) is 3.47. The molecule has 0 aromatic heterocycles. The molecule has 0 rings (SSSR count). The van der Waals surface area contributed by atoms with Gasteiger partial charge in [0, 0.05) is 19.3 Å². The zero-order chi connectivity index (χ0) is 58.5. The van der Waals surface area contributed by atoms with Crippen molar-refractivity contribution in [2.24, 2.45) is 0 Å². The summed E-state index contributed by atoms with van der Waals surface area (Å²) in [4.78, 5) is 38.4. The van der Waals surface area contributed by atoms with Crippen LogP contribution in [0.2, 0.25) is 0 Å². The lowest BCUT2D eigenvalue weighted by Gasteiger charge is -2.18. The molecule has 0 aromatic carbocycles. The van der Waals surface area contributed by atoms with Gasteiger partial charge in [-0.15, -0.1) is 0 Å². The van der Waals surface area contributed by atoms with Gasteiger partial charge in [0.05, 0.1) is 0 Å². The molecule has 0 aromatic rings. The van der Waals surface area contributed by atoms with Crippen LogP contribution in [0.25, 0.3) is 0 Å². The summed E-state index contributed by atoms with van der Waals surface area (Å²) < 4.78 is 17.0. The second kappa shape index (κ2) is 69.9. The standard InChI is InChI=1S/C75H138O6/c1-4-7-10-13-16-19-22-25-28-31-32-33-34-35-36-37-38-39-40-41-42-43-44-45-48-50-53-56-59-62-65-68-74(77)80-71-72(81-75(78)69-66-63-60-57-54-51-47-30-27-24-21-18-15-12-9-6-3)70-79-73(76)67-64-61-58-55-52-49-46-29-26-23-20-17-14-11-8-5-2/h20-21,23-24,29-30,46-47,72H,4-19,22,25-28,31-45,48-71H2,1-3H3/b23-20-,24-21-,46-29-,47-30-. The van der Waals surface area contributed by atoms with Crippen LogP contribution in [0.4, 0.5) is 0 Å². The van der Waals surface area contributed by atoms with Crippen molar-refractivity contribution in [3.8, 4) is 0 Å². The first-order valence-corrected chi connectivity index (χ1v) is 36.1. The van der Waals surface area contributed by atoms with Gasteiger partial charge in [-0.3, -0.25) is 14.4 Å². The van der Waals surface area contributed by atoms with Crippen LogP contribution in [0.15, 0.2) is 48.6 Å². The predicted octanol–water partition coefficient (Wildman–Crippen LogP) is 24.9. The fourth-order valence-electron chi connectivity index (χ4n) is 10.9. The summed E-state index contributed by atoms with van der Waals surface area (Å²) in [5.41, 5.74) is 0. The predicted molar refractivity (Wildman–Crippen MR) is 353 cm³/mol. The van der Waals surface area contributed by atoms with Gasteiger partial charge in [0.15, 0.2) is 6.10 Å². The van der Waals surface area contributed by atoms with E-state index in [0.717, 1.165) is 103 Å². The Hall–Kier alpha value is -2.63. The fraction of sp³-hybridized carbons (Fsp3) is 0.853. The Kier molecular flexibility index (Phi) is 67.6. The van der Waals surface area contributed by atoms with E-state index in [1.54, 1.807) is 0 Å². The van der Waals surface area contributed by atoms with E-state index in [2.05, 4.69) is 69.4 Å². The molecule has 0 aliphatic rings. The number of esters is 3. The highest BCUT2D eigenvalue weighted by atomic mass is 16.6. The molecule has 6 nitrogen and oxygen atoms in total. The van der Waals surface area contributed by atoms with Crippen molar-refractivity contribution in [1.82, 2.24) is 0 Å². The van der Waals surface area contributed by atoms with Gasteiger partial charge in [0.2, 0.25) is 0 Å². The van der Waals surface area contributed by atoms with Crippen molar-refractivity contribution in [3.05, 3.63) is 48.6 Å². The van der Waals surface area contributed by atoms with Gasteiger partial charge in [-0.05, 0) is 83.5 Å². The first kappa shape index (κ1) is 78.4. The summed E-state index contributed by atoms with van der Waals surface area (Å²) in [6.07, 6.45) is 88.7. The largest absolute Gasteiger partial charge is 0.462 e. The van der Waals surface area contributed by atoms with Gasteiger partial charge < -0.3 is 14.2 Å². The van der Waals surface area contributed by atoms with E-state index in [1.165, 1.54) is 250 Å². The van der Waals surface area contributed by atoms with Gasteiger partial charge in [-0.25, -0.2) is 0 Å². The Bertz CT molecular complexity index is 1400. The number of hydrogen-bond donors (Lipinski definition) is 0. The molecule has 0 fully saturated rings. The number of unbranched alkanes of at least 4 members (excludes halogenated alkanes) is 48. The molecule has 474 valence electrons. The minimum absolute atomic E-state index is 0.0798. The van der Waals surface area contributed by atoms with Crippen LogP contribution in [0, 0.1) is 0 Å². The number of carbonyl (C=O) groups excluding carboxylic acids is 3. The maximum absolute atomic E-state index is 12.9. The second-order valence-electron chi connectivity index (χ2n) is 24.5. The molecule has 0 saturated heterocycles. The molecule has 0 spiro atoms. The number of rotatable bonds is 67. The van der Waals surface area contributed by atoms with Crippen LogP contribution in [-0.2, 0) is 28.6 Å². The monoisotopic (exact) mass is 1140 g/mol. The molecule has 1 atom stereocenters. The molecule has 0 amide bonds. The van der Waals surface area contributed by atoms with Crippen molar-refractivity contribution < 1.29 is 28.6 Å². The van der Waals surface area contributed by atoms with Crippen LogP contribution in [0.1, 0.15) is 393 Å². The topological polar surface area (TPSA) is 78.9 Å². The van der Waals surface area contributed by atoms with Crippen LogP contribution in [-0.4, -0.2) is 37.2 Å². The van der Waals surface area contributed by atoms with E-state index >= 15 is 0 Å². The fourth-order valence-corrected chi connectivity index (χ4v) is 10.9. The van der Waals surface area contributed by atoms with E-state index in [-0.39, 0.29) is 31.1 Å². The molecule has 81 heavy (non-hydrogen) atoms. The summed E-state index contributed by atoms with van der Waals surface area (Å²) in [6.45, 7) is 6.65. The van der Waals surface area contributed by atoms with Crippen molar-refractivity contribution in [1.29, 1.82) is 0 Å². The van der Waals surface area contributed by atoms with Crippen LogP contribution in [0.5, 0.6) is 0 Å². The molecule has 0 bridgehead atoms. The Labute approximate surface area is 505 Å². The van der Waals surface area contributed by atoms with Gasteiger partial charge in [0.1, 0.15) is 13.2 Å². The maximum Gasteiger partial charge on any atom is 0.306 e. The third-order valence-corrected chi connectivity index (χ3v) is 16.3. The summed E-state index contributed by atoms with van der Waals surface area (Å²) in [5.74, 6) is -0.884. The smallest absolute Gasteiger partial charge is 0.306 e. The molecular weight excluding hydrogens is 997 g/mol. The van der Waals surface area contributed by atoms with Gasteiger partial charge in [-0.2, -0.15) is 0 Å². The van der Waals surface area contributed by atoms with Crippen molar-refractivity contribution in [3.63, 3.8) is 0 Å². The van der Waals surface area contributed by atoms with Gasteiger partial charge in [0.25, 0.3) is 0 Å². The third-order valence-electron chi connectivity index (χ3n) is 16.3. The zero-order valence-corrected chi connectivity index (χ0v) is 54.6. The first-order chi connectivity index (χ1) is 40.0. The number of allylic oxidation sites excluding steroid dienone is 8. The highest BCUT2D eigenvalue weighted by molar-refractivity contribution is 5.71. The first-order valence-electron chi connectivity index (χ1n) is 36.1. The van der Waals surface area contributed by atoms with E-state index in [4.69, 9.17) is 14.2 Å². The van der Waals surface area contributed by atoms with Crippen LogP contribution < -0.4 is 0 Å². The number of ether oxygens (including phenoxy) is 3. The minimum atomic E-state index is -0.786. The van der Waals surface area contributed by atoms with Crippen LogP contribution >= 0.6 is 0 Å². The maximum atomic E-state index is 12.9. The molecule has 1 unspecified atom stereocenters. The highest BCUT2D eigenvalue weighted by Gasteiger charge is 2.19. The third kappa shape index (κ3) is 68.0. The van der Waals surface area contributed by atoms with E-state index in [0.29, 0.717) is 19.3 Å². The Morgan fingerprint density at radius 2 is 0.444 bits per heavy atom. The lowest BCUT2D eigenvalue weighted by atomic mass is 10.0. The molecule has 0 radical (unpaired) electrons. The molecule has 0 heterocycles. The lowest BCUT2D eigenvalue weighted by Crippen LogP contribution is -2.30. The summed E-state index contributed by atoms with van der Waals surface area (Å²) >= 11 is 0. The van der Waals surface area contributed by atoms with Gasteiger partial charge >= 0.3 is 17.9 Å². The summed E-state index contributed by atoms with van der Waals surface area (Å²) in [5, 5.41) is 0. The minimum Gasteiger partial charge on any atom is -0.462 e. The van der Waals surface area contributed by atoms with Crippen molar-refractivity contribution in [2.75, 3.05) is 13.2 Å². The van der Waals surface area contributed by atoms with Crippen LogP contribution in [0.3, 0.4) is 0 Å². The molecule has 0 saturated carbocycles. The average molecular weight is 1140 g/mol. The summed E-state index contributed by atoms with van der Waals surface area (Å²) in [6, 6.07) is 0. The Balaban J connectivity index is 4.18. The molecule has 6 heteroatoms. The molecule has 0 aliphatic carbocycles. The summed E-state index contributed by atoms with van der Waals surface area (Å²) in [7, 11) is 0. The quantitative estimate of drug-likeness (QED) is 0.0261. The number of hydrogen-bond acceptors (Lipinski definition) is 6. The lowest BCUT2D eigenvalue weighted by molar-refractivity contribution is -0.167. The van der Waals surface area contributed by atoms with E-state index in [1.807, 2.05) is 0 Å². The van der Waals surface area contributed by atoms with Gasteiger partial charge in [-0.1, -0.05) is 339 Å². The Morgan fingerprint density at radius 1 is 0.247 bits per heavy atom. The molecule has 0 N–H and O–H groups in total. The van der Waals surface area contributed by atoms with Crippen molar-refractivity contribution in [2.45, 2.75) is 399 Å². The normalized spacial score (nSPS) is 12.3. The van der Waals surface area contributed by atoms with Crippen molar-refractivity contribution >= 4 is 17.9 Å². The SMILES string of the molecule is CCCCCC/C=C\C/C=C\CCCCCCCC(=O)OCC(COC(=O)CCCCCCCCCCCCCCCCCCCCCCCCCCCCCCCCC)OC(=O)CCCCCCC/C=C\C/C=C\CCCCCC. The van der Waals surface area contributed by atoms with E-state index < -0.39 is 6.10 Å². The highest BCUT2D eigenvalue weighted by Crippen LogP contribution is 2.19.